The first kappa shape index (κ1) is 17.6. The zero-order chi connectivity index (χ0) is 18.4. The number of amides is 2. The molecular formula is C18H20F2N2O3S. The van der Waals surface area contributed by atoms with Gasteiger partial charge in [0.15, 0.2) is 0 Å². The molecule has 2 saturated heterocycles. The van der Waals surface area contributed by atoms with Crippen LogP contribution in [0.4, 0.5) is 19.3 Å². The Kier molecular flexibility index (Phi) is 4.54. The van der Waals surface area contributed by atoms with E-state index in [0.717, 1.165) is 11.5 Å². The van der Waals surface area contributed by atoms with Gasteiger partial charge in [-0.05, 0) is 41.4 Å². The summed E-state index contributed by atoms with van der Waals surface area (Å²) in [5.41, 5.74) is 0.307. The van der Waals surface area contributed by atoms with E-state index < -0.39 is 23.8 Å². The van der Waals surface area contributed by atoms with Crippen molar-refractivity contribution in [1.82, 2.24) is 5.32 Å². The lowest BCUT2D eigenvalue weighted by Gasteiger charge is -2.16. The first-order valence-corrected chi connectivity index (χ1v) is 9.96. The smallest absolute Gasteiger partial charge is 0.414 e. The summed E-state index contributed by atoms with van der Waals surface area (Å²) in [6.45, 7) is 2.05. The Morgan fingerprint density at radius 1 is 1.31 bits per heavy atom. The predicted molar refractivity (Wildman–Crippen MR) is 94.3 cm³/mol. The number of benzene rings is 1. The van der Waals surface area contributed by atoms with Crippen molar-refractivity contribution < 1.29 is 23.1 Å². The van der Waals surface area contributed by atoms with Crippen LogP contribution in [-0.4, -0.2) is 42.7 Å². The van der Waals surface area contributed by atoms with Crippen LogP contribution in [0.5, 0.6) is 0 Å². The van der Waals surface area contributed by atoms with Crippen LogP contribution in [0, 0.1) is 23.5 Å². The van der Waals surface area contributed by atoms with Gasteiger partial charge in [0.05, 0.1) is 18.8 Å². The average molecular weight is 382 g/mol. The molecule has 1 aliphatic carbocycles. The summed E-state index contributed by atoms with van der Waals surface area (Å²) in [4.78, 5) is 24.6. The maximum atomic E-state index is 14.6. The molecule has 2 amide bonds. The summed E-state index contributed by atoms with van der Waals surface area (Å²) in [6, 6.07) is 2.43. The van der Waals surface area contributed by atoms with Gasteiger partial charge < -0.3 is 10.1 Å². The third kappa shape index (κ3) is 3.04. The van der Waals surface area contributed by atoms with Crippen LogP contribution >= 0.6 is 11.8 Å². The van der Waals surface area contributed by atoms with Gasteiger partial charge in [0.2, 0.25) is 5.91 Å². The zero-order valence-electron chi connectivity index (χ0n) is 14.3. The van der Waals surface area contributed by atoms with Crippen LogP contribution in [0.2, 0.25) is 0 Å². The Hall–Kier alpha value is -1.83. The molecule has 3 fully saturated rings. The van der Waals surface area contributed by atoms with E-state index in [-0.39, 0.29) is 36.2 Å². The van der Waals surface area contributed by atoms with Gasteiger partial charge in [-0.3, -0.25) is 9.69 Å². The van der Waals surface area contributed by atoms with E-state index in [0.29, 0.717) is 18.3 Å². The Labute approximate surface area is 154 Å². The number of thioether (sulfide) groups is 1. The summed E-state index contributed by atoms with van der Waals surface area (Å²) in [7, 11) is 0. The van der Waals surface area contributed by atoms with Crippen molar-refractivity contribution in [1.29, 1.82) is 0 Å². The molecule has 5 nitrogen and oxygen atoms in total. The number of hydrogen-bond acceptors (Lipinski definition) is 4. The fourth-order valence-corrected chi connectivity index (χ4v) is 5.49. The molecule has 1 aromatic rings. The van der Waals surface area contributed by atoms with E-state index in [1.165, 1.54) is 17.0 Å². The Balaban J connectivity index is 1.48. The number of anilines is 1. The van der Waals surface area contributed by atoms with Crippen LogP contribution < -0.4 is 10.2 Å². The fraction of sp³-hybridized carbons (Fsp3) is 0.556. The predicted octanol–water partition coefficient (Wildman–Crippen LogP) is 2.89. The number of ether oxygens (including phenoxy) is 1. The minimum absolute atomic E-state index is 0.0344. The number of fused-ring (bicyclic) bond motifs is 1. The molecule has 0 radical (unpaired) electrons. The lowest BCUT2D eigenvalue weighted by Crippen LogP contribution is -2.34. The molecule has 26 heavy (non-hydrogen) atoms. The fourth-order valence-electron chi connectivity index (χ4n) is 3.90. The molecule has 0 spiro atoms. The molecule has 4 atom stereocenters. The second kappa shape index (κ2) is 6.72. The summed E-state index contributed by atoms with van der Waals surface area (Å²) < 4.78 is 34.4. The Morgan fingerprint density at radius 3 is 2.58 bits per heavy atom. The highest BCUT2D eigenvalue weighted by molar-refractivity contribution is 7.99. The number of hydrogen-bond donors (Lipinski definition) is 1. The number of cyclic esters (lactones) is 1. The first-order valence-electron chi connectivity index (χ1n) is 8.81. The maximum absolute atomic E-state index is 14.6. The maximum Gasteiger partial charge on any atom is 0.414 e. The molecule has 4 rings (SSSR count). The van der Waals surface area contributed by atoms with Crippen molar-refractivity contribution in [3.05, 3.63) is 29.3 Å². The van der Waals surface area contributed by atoms with Gasteiger partial charge in [0.25, 0.3) is 0 Å². The van der Waals surface area contributed by atoms with Crippen LogP contribution in [0.1, 0.15) is 24.8 Å². The van der Waals surface area contributed by atoms with E-state index >= 15 is 0 Å². The van der Waals surface area contributed by atoms with Crippen molar-refractivity contribution >= 4 is 29.4 Å². The highest BCUT2D eigenvalue weighted by atomic mass is 32.2. The van der Waals surface area contributed by atoms with Crippen molar-refractivity contribution in [2.45, 2.75) is 25.4 Å². The SMILES string of the molecule is CCC(=O)NC[C@H]1CN(c2cc(F)c([C@H]3[C@@H]4CSC[C@@H]43)c(F)c2)C(=O)O1. The molecule has 3 aliphatic rings. The lowest BCUT2D eigenvalue weighted by atomic mass is 10.1. The van der Waals surface area contributed by atoms with Gasteiger partial charge in [0, 0.05) is 12.0 Å². The number of rotatable bonds is 5. The monoisotopic (exact) mass is 382 g/mol. The quantitative estimate of drug-likeness (QED) is 0.851. The molecule has 1 aromatic carbocycles. The second-order valence-electron chi connectivity index (χ2n) is 6.99. The second-order valence-corrected chi connectivity index (χ2v) is 8.06. The number of carbonyl (C=O) groups excluding carboxylic acids is 2. The number of nitrogens with one attached hydrogen (secondary N) is 1. The zero-order valence-corrected chi connectivity index (χ0v) is 15.2. The van der Waals surface area contributed by atoms with Gasteiger partial charge in [-0.15, -0.1) is 0 Å². The molecule has 0 aromatic heterocycles. The third-order valence-corrected chi connectivity index (χ3v) is 6.62. The summed E-state index contributed by atoms with van der Waals surface area (Å²) in [6.07, 6.45) is -0.861. The summed E-state index contributed by atoms with van der Waals surface area (Å²) in [5.74, 6) is 1.29. The molecule has 1 saturated carbocycles. The minimum atomic E-state index is -0.660. The number of nitrogens with zero attached hydrogens (tertiary/aromatic N) is 1. The Morgan fingerprint density at radius 2 is 1.96 bits per heavy atom. The van der Waals surface area contributed by atoms with Gasteiger partial charge in [0.1, 0.15) is 17.7 Å². The van der Waals surface area contributed by atoms with E-state index in [1.807, 2.05) is 11.8 Å². The molecule has 140 valence electrons. The van der Waals surface area contributed by atoms with E-state index in [9.17, 15) is 18.4 Å². The standard InChI is InChI=1S/C18H20F2N2O3S/c1-2-15(23)21-5-10-6-22(18(24)25-10)9-3-13(19)17(14(20)4-9)16-11-7-26-8-12(11)16/h3-4,10-12,16H,2,5-8H2,1H3,(H,21,23)/t10-,11-,12+,16+/m0/s1. The normalized spacial score (nSPS) is 29.5. The average Bonchev–Trinajstić information content (AvgIpc) is 2.97. The van der Waals surface area contributed by atoms with E-state index in [1.54, 1.807) is 6.92 Å². The topological polar surface area (TPSA) is 58.6 Å². The highest BCUT2D eigenvalue weighted by Gasteiger charge is 2.55. The first-order chi connectivity index (χ1) is 12.5. The highest BCUT2D eigenvalue weighted by Crippen LogP contribution is 2.62. The van der Waals surface area contributed by atoms with Gasteiger partial charge >= 0.3 is 6.09 Å². The van der Waals surface area contributed by atoms with Crippen LogP contribution in [0.15, 0.2) is 12.1 Å². The van der Waals surface area contributed by atoms with Crippen molar-refractivity contribution in [3.63, 3.8) is 0 Å². The minimum Gasteiger partial charge on any atom is -0.442 e. The van der Waals surface area contributed by atoms with Crippen molar-refractivity contribution in [2.75, 3.05) is 29.5 Å². The van der Waals surface area contributed by atoms with Crippen LogP contribution in [-0.2, 0) is 9.53 Å². The third-order valence-electron chi connectivity index (χ3n) is 5.38. The molecular weight excluding hydrogens is 362 g/mol. The molecule has 0 bridgehead atoms. The summed E-state index contributed by atoms with van der Waals surface area (Å²) >= 11 is 1.83. The van der Waals surface area contributed by atoms with Crippen LogP contribution in [0.3, 0.4) is 0 Å². The van der Waals surface area contributed by atoms with Gasteiger partial charge in [-0.1, -0.05) is 6.92 Å². The van der Waals surface area contributed by atoms with Crippen molar-refractivity contribution in [3.8, 4) is 0 Å². The van der Waals surface area contributed by atoms with Crippen molar-refractivity contribution in [2.24, 2.45) is 11.8 Å². The summed E-state index contributed by atoms with van der Waals surface area (Å²) in [5, 5.41) is 2.65. The Bertz CT molecular complexity index is 727. The molecule has 2 heterocycles. The molecule has 8 heteroatoms. The number of carbonyl (C=O) groups is 2. The van der Waals surface area contributed by atoms with Gasteiger partial charge in [-0.25, -0.2) is 13.6 Å². The lowest BCUT2D eigenvalue weighted by molar-refractivity contribution is -0.121. The molecule has 2 aliphatic heterocycles. The molecule has 0 unspecified atom stereocenters. The van der Waals surface area contributed by atoms with Crippen LogP contribution in [0.25, 0.3) is 0 Å². The number of halogens is 2. The largest absolute Gasteiger partial charge is 0.442 e. The molecule has 1 N–H and O–H groups in total. The van der Waals surface area contributed by atoms with E-state index in [2.05, 4.69) is 5.32 Å². The van der Waals surface area contributed by atoms with Gasteiger partial charge in [-0.2, -0.15) is 11.8 Å². The van der Waals surface area contributed by atoms with E-state index in [4.69, 9.17) is 4.74 Å².